The van der Waals surface area contributed by atoms with Crippen LogP contribution >= 0.6 is 0 Å². The molecular formula is C6H9BO9. The van der Waals surface area contributed by atoms with Crippen LogP contribution in [0.1, 0.15) is 0 Å². The molecule has 0 aromatic heterocycles. The van der Waals surface area contributed by atoms with E-state index in [1.807, 2.05) is 0 Å². The fraction of sp³-hybridized carbons (Fsp3) is 0.500. The maximum absolute atomic E-state index is 10.6. The smallest absolute Gasteiger partial charge is 0.460 e. The van der Waals surface area contributed by atoms with Crippen molar-refractivity contribution in [2.75, 3.05) is 19.8 Å². The van der Waals surface area contributed by atoms with Crippen LogP contribution in [-0.4, -0.2) is 60.4 Å². The predicted octanol–water partition coefficient (Wildman–Crippen LogP) is -3.42. The molecule has 3 N–H and O–H groups in total. The number of aliphatic hydroxyl groups excluding tert-OH is 3. The van der Waals surface area contributed by atoms with E-state index >= 15 is 0 Å². The fourth-order valence-corrected chi connectivity index (χ4v) is 0.506. The van der Waals surface area contributed by atoms with Crippen molar-refractivity contribution >= 4 is 25.2 Å². The SMILES string of the molecule is O=C(CO)OB(OC(=O)CO)OC(=O)CO. The lowest BCUT2D eigenvalue weighted by Crippen LogP contribution is -2.37. The lowest BCUT2D eigenvalue weighted by molar-refractivity contribution is -0.151. The van der Waals surface area contributed by atoms with Crippen molar-refractivity contribution in [2.45, 2.75) is 0 Å². The average Bonchev–Trinajstić information content (AvgIpc) is 2.28. The van der Waals surface area contributed by atoms with Crippen LogP contribution in [-0.2, 0) is 28.3 Å². The summed E-state index contributed by atoms with van der Waals surface area (Å²) in [5, 5.41) is 24.9. The standard InChI is InChI=1S/C6H9BO9/c8-1-4(11)14-7(15-5(12)2-9)16-6(13)3-10/h8-10H,1-3H2. The van der Waals surface area contributed by atoms with E-state index in [0.717, 1.165) is 0 Å². The van der Waals surface area contributed by atoms with Gasteiger partial charge in [-0.25, -0.2) is 0 Å². The minimum atomic E-state index is -2.06. The van der Waals surface area contributed by atoms with Crippen LogP contribution in [0.2, 0.25) is 0 Å². The van der Waals surface area contributed by atoms with Crippen molar-refractivity contribution in [1.82, 2.24) is 0 Å². The molecule has 0 radical (unpaired) electrons. The summed E-state index contributed by atoms with van der Waals surface area (Å²) in [6, 6.07) is 0. The zero-order valence-corrected chi connectivity index (χ0v) is 7.99. The zero-order chi connectivity index (χ0) is 12.6. The van der Waals surface area contributed by atoms with Crippen molar-refractivity contribution in [3.05, 3.63) is 0 Å². The van der Waals surface area contributed by atoms with Gasteiger partial charge in [0.25, 0.3) is 0 Å². The first-order valence-corrected chi connectivity index (χ1v) is 3.94. The summed E-state index contributed by atoms with van der Waals surface area (Å²) in [4.78, 5) is 31.7. The maximum Gasteiger partial charge on any atom is 0.870 e. The molecule has 0 heterocycles. The molecule has 0 aromatic carbocycles. The number of rotatable bonds is 6. The summed E-state index contributed by atoms with van der Waals surface area (Å²) in [6.07, 6.45) is 0. The highest BCUT2D eigenvalue weighted by molar-refractivity contribution is 6.44. The van der Waals surface area contributed by atoms with E-state index in [1.54, 1.807) is 0 Å². The van der Waals surface area contributed by atoms with E-state index in [9.17, 15) is 14.4 Å². The van der Waals surface area contributed by atoms with E-state index in [-0.39, 0.29) is 0 Å². The molecule has 0 aliphatic heterocycles. The van der Waals surface area contributed by atoms with Gasteiger partial charge in [0.2, 0.25) is 0 Å². The highest BCUT2D eigenvalue weighted by atomic mass is 16.8. The molecule has 0 bridgehead atoms. The summed E-state index contributed by atoms with van der Waals surface area (Å²) in [7, 11) is -2.06. The largest absolute Gasteiger partial charge is 0.870 e. The molecule has 0 saturated heterocycles. The lowest BCUT2D eigenvalue weighted by atomic mass is 10.2. The zero-order valence-electron chi connectivity index (χ0n) is 7.99. The van der Waals surface area contributed by atoms with E-state index < -0.39 is 45.0 Å². The second-order valence-corrected chi connectivity index (χ2v) is 2.23. The van der Waals surface area contributed by atoms with Gasteiger partial charge < -0.3 is 29.3 Å². The van der Waals surface area contributed by atoms with Crippen molar-refractivity contribution < 1.29 is 43.7 Å². The second-order valence-electron chi connectivity index (χ2n) is 2.23. The minimum absolute atomic E-state index is 1.02. The second kappa shape index (κ2) is 7.62. The molecule has 0 aliphatic carbocycles. The number of hydrogen-bond donors (Lipinski definition) is 3. The Morgan fingerprint density at radius 1 is 0.750 bits per heavy atom. The molecule has 0 fully saturated rings. The first-order chi connectivity index (χ1) is 7.53. The van der Waals surface area contributed by atoms with Crippen LogP contribution in [0, 0.1) is 0 Å². The first kappa shape index (κ1) is 14.4. The van der Waals surface area contributed by atoms with Crippen LogP contribution in [0.5, 0.6) is 0 Å². The third-order valence-corrected chi connectivity index (χ3v) is 1.07. The van der Waals surface area contributed by atoms with Gasteiger partial charge in [0.05, 0.1) is 0 Å². The summed E-state index contributed by atoms with van der Waals surface area (Å²) >= 11 is 0. The van der Waals surface area contributed by atoms with Crippen molar-refractivity contribution in [3.63, 3.8) is 0 Å². The molecule has 0 atom stereocenters. The van der Waals surface area contributed by atoms with Gasteiger partial charge in [0, 0.05) is 0 Å². The fourth-order valence-electron chi connectivity index (χ4n) is 0.506. The van der Waals surface area contributed by atoms with E-state index in [1.165, 1.54) is 0 Å². The Morgan fingerprint density at radius 2 is 1.00 bits per heavy atom. The van der Waals surface area contributed by atoms with Gasteiger partial charge in [-0.3, -0.25) is 14.4 Å². The topological polar surface area (TPSA) is 140 Å². The number of aliphatic hydroxyl groups is 3. The Bertz CT molecular complexity index is 222. The molecule has 0 saturated carbocycles. The molecule has 0 rings (SSSR count). The van der Waals surface area contributed by atoms with E-state index in [2.05, 4.69) is 14.0 Å². The van der Waals surface area contributed by atoms with Crippen LogP contribution in [0.4, 0.5) is 0 Å². The Labute approximate surface area is 89.7 Å². The molecule has 9 nitrogen and oxygen atoms in total. The number of carbonyl (C=O) groups is 3. The predicted molar refractivity (Wildman–Crippen MR) is 45.3 cm³/mol. The third kappa shape index (κ3) is 5.96. The quantitative estimate of drug-likeness (QED) is 0.402. The Morgan fingerprint density at radius 3 is 1.19 bits per heavy atom. The van der Waals surface area contributed by atoms with Crippen molar-refractivity contribution in [3.8, 4) is 0 Å². The van der Waals surface area contributed by atoms with E-state index in [4.69, 9.17) is 15.3 Å². The summed E-state index contributed by atoms with van der Waals surface area (Å²) in [6.45, 7) is -3.07. The van der Waals surface area contributed by atoms with Gasteiger partial charge in [-0.15, -0.1) is 0 Å². The Kier molecular flexibility index (Phi) is 6.84. The molecule has 0 aliphatic rings. The molecule has 0 spiro atoms. The number of carbonyl (C=O) groups excluding carboxylic acids is 3. The van der Waals surface area contributed by atoms with Crippen LogP contribution < -0.4 is 0 Å². The van der Waals surface area contributed by atoms with Gasteiger partial charge in [-0.1, -0.05) is 0 Å². The third-order valence-electron chi connectivity index (χ3n) is 1.07. The Balaban J connectivity index is 4.31. The van der Waals surface area contributed by atoms with Gasteiger partial charge >= 0.3 is 25.2 Å². The molecule has 0 unspecified atom stereocenters. The maximum atomic E-state index is 10.6. The van der Waals surface area contributed by atoms with Gasteiger partial charge in [0.15, 0.2) is 0 Å². The molecule has 0 amide bonds. The Hall–Kier alpha value is -1.65. The average molecular weight is 236 g/mol. The van der Waals surface area contributed by atoms with Crippen LogP contribution in [0.25, 0.3) is 0 Å². The lowest BCUT2D eigenvalue weighted by Gasteiger charge is -2.11. The summed E-state index contributed by atoms with van der Waals surface area (Å²) in [5.74, 6) is -3.66. The summed E-state index contributed by atoms with van der Waals surface area (Å²) in [5.41, 5.74) is 0. The summed E-state index contributed by atoms with van der Waals surface area (Å²) < 4.78 is 12.4. The van der Waals surface area contributed by atoms with Crippen molar-refractivity contribution in [1.29, 1.82) is 0 Å². The first-order valence-electron chi connectivity index (χ1n) is 3.94. The molecule has 90 valence electrons. The van der Waals surface area contributed by atoms with Gasteiger partial charge in [0.1, 0.15) is 19.8 Å². The normalized spacial score (nSPS) is 9.19. The molecule has 10 heteroatoms. The molecular weight excluding hydrogens is 227 g/mol. The van der Waals surface area contributed by atoms with Gasteiger partial charge in [-0.05, 0) is 0 Å². The van der Waals surface area contributed by atoms with Gasteiger partial charge in [-0.2, -0.15) is 0 Å². The van der Waals surface area contributed by atoms with Crippen LogP contribution in [0.15, 0.2) is 0 Å². The molecule has 16 heavy (non-hydrogen) atoms. The molecule has 0 aromatic rings. The monoisotopic (exact) mass is 236 g/mol. The highest BCUT2D eigenvalue weighted by Gasteiger charge is 2.35. The highest BCUT2D eigenvalue weighted by Crippen LogP contribution is 1.95. The van der Waals surface area contributed by atoms with E-state index in [0.29, 0.717) is 0 Å². The minimum Gasteiger partial charge on any atom is -0.460 e. The number of hydrogen-bond acceptors (Lipinski definition) is 9. The van der Waals surface area contributed by atoms with Crippen LogP contribution in [0.3, 0.4) is 0 Å². The van der Waals surface area contributed by atoms with Crippen molar-refractivity contribution in [2.24, 2.45) is 0 Å².